The molecule has 0 bridgehead atoms. The first-order valence-corrected chi connectivity index (χ1v) is 6.11. The fraction of sp³-hybridized carbons (Fsp3) is 0.417. The second-order valence-electron chi connectivity index (χ2n) is 3.70. The molecule has 1 aromatic rings. The minimum Gasteiger partial charge on any atom is -0.480 e. The van der Waals surface area contributed by atoms with Crippen molar-refractivity contribution >= 4 is 27.6 Å². The van der Waals surface area contributed by atoms with Gasteiger partial charge in [0.15, 0.2) is 0 Å². The Bertz CT molecular complexity index is 375. The van der Waals surface area contributed by atoms with Gasteiger partial charge in [0.2, 0.25) is 0 Å². The number of anilines is 1. The number of aliphatic carboxylic acids is 1. The van der Waals surface area contributed by atoms with Crippen molar-refractivity contribution in [2.24, 2.45) is 0 Å². The van der Waals surface area contributed by atoms with Crippen LogP contribution >= 0.6 is 15.9 Å². The van der Waals surface area contributed by atoms with Crippen molar-refractivity contribution in [1.82, 2.24) is 0 Å². The number of para-hydroxylation sites is 1. The summed E-state index contributed by atoms with van der Waals surface area (Å²) in [4.78, 5) is 11.3. The van der Waals surface area contributed by atoms with Gasteiger partial charge in [-0.25, -0.2) is 4.79 Å². The van der Waals surface area contributed by atoms with Gasteiger partial charge in [-0.05, 0) is 40.9 Å². The van der Waals surface area contributed by atoms with Crippen LogP contribution in [-0.4, -0.2) is 16.6 Å². The van der Waals surface area contributed by atoms with Crippen LogP contribution in [0.4, 0.5) is 5.69 Å². The van der Waals surface area contributed by atoms with Gasteiger partial charge >= 0.3 is 5.97 Å². The maximum Gasteiger partial charge on any atom is 0.329 e. The molecule has 0 atom stereocenters. The van der Waals surface area contributed by atoms with Gasteiger partial charge in [-0.1, -0.05) is 26.0 Å². The second kappa shape index (κ2) is 5.34. The number of rotatable bonds is 5. The number of hydrogen-bond donors (Lipinski definition) is 2. The third kappa shape index (κ3) is 2.55. The van der Waals surface area contributed by atoms with Crippen molar-refractivity contribution in [2.75, 3.05) is 5.32 Å². The lowest BCUT2D eigenvalue weighted by molar-refractivity contribution is -0.142. The van der Waals surface area contributed by atoms with Crippen LogP contribution in [0.2, 0.25) is 0 Å². The summed E-state index contributed by atoms with van der Waals surface area (Å²) in [6.07, 6.45) is 1.08. The molecule has 0 aliphatic rings. The Morgan fingerprint density at radius 2 is 1.94 bits per heavy atom. The number of halogens is 1. The van der Waals surface area contributed by atoms with Crippen LogP contribution in [0.3, 0.4) is 0 Å². The lowest BCUT2D eigenvalue weighted by Crippen LogP contribution is -2.45. The summed E-state index contributed by atoms with van der Waals surface area (Å²) in [5, 5.41) is 12.4. The average molecular weight is 286 g/mol. The molecule has 3 nitrogen and oxygen atoms in total. The molecule has 16 heavy (non-hydrogen) atoms. The van der Waals surface area contributed by atoms with E-state index in [0.717, 1.165) is 10.2 Å². The van der Waals surface area contributed by atoms with E-state index in [1.807, 2.05) is 38.1 Å². The van der Waals surface area contributed by atoms with Gasteiger partial charge in [-0.3, -0.25) is 0 Å². The molecule has 0 spiro atoms. The Kier molecular flexibility index (Phi) is 4.35. The zero-order valence-corrected chi connectivity index (χ0v) is 11.0. The maximum atomic E-state index is 11.3. The molecule has 88 valence electrons. The Hall–Kier alpha value is -1.03. The van der Waals surface area contributed by atoms with E-state index >= 15 is 0 Å². The average Bonchev–Trinajstić information content (AvgIpc) is 2.28. The smallest absolute Gasteiger partial charge is 0.329 e. The lowest BCUT2D eigenvalue weighted by atomic mass is 9.92. The fourth-order valence-corrected chi connectivity index (χ4v) is 1.99. The van der Waals surface area contributed by atoms with E-state index in [1.165, 1.54) is 0 Å². The monoisotopic (exact) mass is 285 g/mol. The Balaban J connectivity index is 3.01. The van der Waals surface area contributed by atoms with E-state index in [9.17, 15) is 9.90 Å². The number of carbonyl (C=O) groups is 1. The normalized spacial score (nSPS) is 11.2. The van der Waals surface area contributed by atoms with Crippen LogP contribution in [0.5, 0.6) is 0 Å². The number of carboxylic acid groups (broad SMARTS) is 1. The minimum absolute atomic E-state index is 0.542. The Morgan fingerprint density at radius 3 is 2.38 bits per heavy atom. The fourth-order valence-electron chi connectivity index (χ4n) is 1.60. The molecule has 0 heterocycles. The number of carboxylic acids is 1. The van der Waals surface area contributed by atoms with Crippen molar-refractivity contribution in [3.05, 3.63) is 28.7 Å². The lowest BCUT2D eigenvalue weighted by Gasteiger charge is -2.29. The molecule has 0 saturated heterocycles. The summed E-state index contributed by atoms with van der Waals surface area (Å²) in [6, 6.07) is 7.54. The quantitative estimate of drug-likeness (QED) is 0.871. The molecule has 0 aromatic heterocycles. The largest absolute Gasteiger partial charge is 0.480 e. The van der Waals surface area contributed by atoms with Gasteiger partial charge in [0.25, 0.3) is 0 Å². The first kappa shape index (κ1) is 13.0. The van der Waals surface area contributed by atoms with E-state index in [-0.39, 0.29) is 0 Å². The van der Waals surface area contributed by atoms with Gasteiger partial charge in [0.1, 0.15) is 5.54 Å². The minimum atomic E-state index is -0.885. The van der Waals surface area contributed by atoms with Crippen LogP contribution in [0, 0.1) is 0 Å². The molecule has 2 N–H and O–H groups in total. The van der Waals surface area contributed by atoms with Crippen LogP contribution in [0.15, 0.2) is 28.7 Å². The Morgan fingerprint density at radius 1 is 1.38 bits per heavy atom. The predicted octanol–water partition coefficient (Wildman–Crippen LogP) is 3.50. The molecule has 1 aromatic carbocycles. The highest BCUT2D eigenvalue weighted by molar-refractivity contribution is 9.10. The van der Waals surface area contributed by atoms with Gasteiger partial charge in [-0.2, -0.15) is 0 Å². The maximum absolute atomic E-state index is 11.3. The zero-order chi connectivity index (χ0) is 12.2. The molecule has 0 fully saturated rings. The van der Waals surface area contributed by atoms with Gasteiger partial charge in [0.05, 0.1) is 0 Å². The molecule has 4 heteroatoms. The van der Waals surface area contributed by atoms with E-state index in [0.29, 0.717) is 12.8 Å². The van der Waals surface area contributed by atoms with Crippen LogP contribution in [0.25, 0.3) is 0 Å². The van der Waals surface area contributed by atoms with Crippen LogP contribution in [0.1, 0.15) is 26.7 Å². The first-order chi connectivity index (χ1) is 7.55. The van der Waals surface area contributed by atoms with E-state index in [1.54, 1.807) is 0 Å². The van der Waals surface area contributed by atoms with Crippen molar-refractivity contribution < 1.29 is 9.90 Å². The van der Waals surface area contributed by atoms with Crippen molar-refractivity contribution in [1.29, 1.82) is 0 Å². The van der Waals surface area contributed by atoms with Crippen LogP contribution < -0.4 is 5.32 Å². The van der Waals surface area contributed by atoms with E-state index in [4.69, 9.17) is 0 Å². The van der Waals surface area contributed by atoms with Crippen molar-refractivity contribution in [3.8, 4) is 0 Å². The summed E-state index contributed by atoms with van der Waals surface area (Å²) >= 11 is 3.40. The van der Waals surface area contributed by atoms with Gasteiger partial charge in [0, 0.05) is 10.2 Å². The molecule has 0 radical (unpaired) electrons. The van der Waals surface area contributed by atoms with Crippen molar-refractivity contribution in [3.63, 3.8) is 0 Å². The molecule has 0 aliphatic carbocycles. The highest BCUT2D eigenvalue weighted by Crippen LogP contribution is 2.28. The summed E-state index contributed by atoms with van der Waals surface area (Å²) in [5.41, 5.74) is -0.0715. The SMILES string of the molecule is CCC(CC)(Nc1ccccc1Br)C(=O)O. The number of nitrogens with one attached hydrogen (secondary N) is 1. The summed E-state index contributed by atoms with van der Waals surface area (Å²) in [6.45, 7) is 3.75. The third-order valence-corrected chi connectivity index (χ3v) is 3.56. The topological polar surface area (TPSA) is 49.3 Å². The Labute approximate surface area is 104 Å². The van der Waals surface area contributed by atoms with Gasteiger partial charge in [-0.15, -0.1) is 0 Å². The second-order valence-corrected chi connectivity index (χ2v) is 4.55. The molecule has 0 aliphatic heterocycles. The molecular weight excluding hydrogens is 270 g/mol. The van der Waals surface area contributed by atoms with E-state index < -0.39 is 11.5 Å². The van der Waals surface area contributed by atoms with Crippen molar-refractivity contribution in [2.45, 2.75) is 32.2 Å². The molecular formula is C12H16BrNO2. The highest BCUT2D eigenvalue weighted by atomic mass is 79.9. The standard InChI is InChI=1S/C12H16BrNO2/c1-3-12(4-2,11(15)16)14-10-8-6-5-7-9(10)13/h5-8,14H,3-4H2,1-2H3,(H,15,16). The van der Waals surface area contributed by atoms with Crippen LogP contribution in [-0.2, 0) is 4.79 Å². The summed E-state index contributed by atoms with van der Waals surface area (Å²) < 4.78 is 0.877. The number of hydrogen-bond acceptors (Lipinski definition) is 2. The summed E-state index contributed by atoms with van der Waals surface area (Å²) in [5.74, 6) is -0.812. The molecule has 0 unspecified atom stereocenters. The first-order valence-electron chi connectivity index (χ1n) is 5.32. The third-order valence-electron chi connectivity index (χ3n) is 2.86. The summed E-state index contributed by atoms with van der Waals surface area (Å²) in [7, 11) is 0. The molecule has 0 amide bonds. The predicted molar refractivity (Wildman–Crippen MR) is 68.7 cm³/mol. The van der Waals surface area contributed by atoms with E-state index in [2.05, 4.69) is 21.2 Å². The molecule has 1 rings (SSSR count). The number of benzene rings is 1. The zero-order valence-electron chi connectivity index (χ0n) is 9.46. The highest BCUT2D eigenvalue weighted by Gasteiger charge is 2.34. The molecule has 0 saturated carbocycles. The van der Waals surface area contributed by atoms with Gasteiger partial charge < -0.3 is 10.4 Å².